The van der Waals surface area contributed by atoms with Gasteiger partial charge in [-0.3, -0.25) is 0 Å². The number of nitrogens with two attached hydrogens (primary N) is 1. The van der Waals surface area contributed by atoms with Crippen molar-refractivity contribution in [3.8, 4) is 0 Å². The second kappa shape index (κ2) is 6.96. The Hall–Kier alpha value is -1.00. The van der Waals surface area contributed by atoms with Crippen LogP contribution in [-0.4, -0.2) is 16.6 Å². The summed E-state index contributed by atoms with van der Waals surface area (Å²) in [7, 11) is 0. The van der Waals surface area contributed by atoms with Gasteiger partial charge in [0.1, 0.15) is 6.10 Å². The molecule has 4 heteroatoms. The van der Waals surface area contributed by atoms with E-state index < -0.39 is 0 Å². The summed E-state index contributed by atoms with van der Waals surface area (Å²) in [4.78, 5) is 9.17. The van der Waals surface area contributed by atoms with E-state index >= 15 is 0 Å². The number of rotatable bonds is 5. The van der Waals surface area contributed by atoms with Crippen molar-refractivity contribution in [1.29, 1.82) is 0 Å². The predicted octanol–water partition coefficient (Wildman–Crippen LogP) is 2.90. The third-order valence-corrected chi connectivity index (χ3v) is 3.81. The van der Waals surface area contributed by atoms with E-state index in [-0.39, 0.29) is 6.10 Å². The summed E-state index contributed by atoms with van der Waals surface area (Å²) < 4.78 is 5.96. The lowest BCUT2D eigenvalue weighted by Gasteiger charge is -2.29. The standard InChI is InChI=1S/C15H25N3O/c1-3-19-14(12-7-5-4-6-8-12)15-17-11(2)9-13(10-16)18-15/h9,12,14H,3-8,10,16H2,1-2H3. The molecule has 0 aliphatic heterocycles. The molecule has 1 heterocycles. The molecular formula is C15H25N3O. The van der Waals surface area contributed by atoms with Crippen LogP contribution >= 0.6 is 0 Å². The third kappa shape index (κ3) is 3.74. The van der Waals surface area contributed by atoms with Gasteiger partial charge in [0.25, 0.3) is 0 Å². The molecule has 1 saturated carbocycles. The fraction of sp³-hybridized carbons (Fsp3) is 0.733. The molecule has 1 fully saturated rings. The van der Waals surface area contributed by atoms with Crippen molar-refractivity contribution in [3.63, 3.8) is 0 Å². The van der Waals surface area contributed by atoms with Crippen molar-refractivity contribution >= 4 is 0 Å². The smallest absolute Gasteiger partial charge is 0.157 e. The second-order valence-electron chi connectivity index (χ2n) is 5.34. The van der Waals surface area contributed by atoms with Crippen LogP contribution in [0.2, 0.25) is 0 Å². The Morgan fingerprint density at radius 3 is 2.68 bits per heavy atom. The molecule has 4 nitrogen and oxygen atoms in total. The molecule has 0 aromatic carbocycles. The van der Waals surface area contributed by atoms with Crippen LogP contribution in [0.3, 0.4) is 0 Å². The molecule has 1 aromatic heterocycles. The van der Waals surface area contributed by atoms with Crippen molar-refractivity contribution in [1.82, 2.24) is 9.97 Å². The molecule has 1 aliphatic carbocycles. The Balaban J connectivity index is 2.24. The fourth-order valence-electron chi connectivity index (χ4n) is 2.93. The number of aromatic nitrogens is 2. The van der Waals surface area contributed by atoms with Crippen LogP contribution in [0.5, 0.6) is 0 Å². The minimum absolute atomic E-state index is 0.0375. The quantitative estimate of drug-likeness (QED) is 0.887. The summed E-state index contributed by atoms with van der Waals surface area (Å²) in [6.07, 6.45) is 6.42. The number of hydrogen-bond donors (Lipinski definition) is 1. The highest BCUT2D eigenvalue weighted by Gasteiger charge is 2.28. The van der Waals surface area contributed by atoms with Crippen molar-refractivity contribution < 1.29 is 4.74 Å². The van der Waals surface area contributed by atoms with Gasteiger partial charge in [0.15, 0.2) is 5.82 Å². The van der Waals surface area contributed by atoms with Crippen LogP contribution in [-0.2, 0) is 11.3 Å². The van der Waals surface area contributed by atoms with Gasteiger partial charge in [-0.2, -0.15) is 0 Å². The SMILES string of the molecule is CCOC(c1nc(C)cc(CN)n1)C1CCCCC1. The minimum atomic E-state index is 0.0375. The van der Waals surface area contributed by atoms with Crippen molar-refractivity contribution in [3.05, 3.63) is 23.3 Å². The molecule has 1 aliphatic rings. The Kier molecular flexibility index (Phi) is 5.28. The van der Waals surface area contributed by atoms with Gasteiger partial charge >= 0.3 is 0 Å². The first-order valence-corrected chi connectivity index (χ1v) is 7.40. The predicted molar refractivity (Wildman–Crippen MR) is 75.6 cm³/mol. The number of hydrogen-bond acceptors (Lipinski definition) is 4. The van der Waals surface area contributed by atoms with Gasteiger partial charge in [0.2, 0.25) is 0 Å². The maximum Gasteiger partial charge on any atom is 0.157 e. The summed E-state index contributed by atoms with van der Waals surface area (Å²) in [5, 5.41) is 0. The van der Waals surface area contributed by atoms with Gasteiger partial charge in [-0.25, -0.2) is 9.97 Å². The molecule has 0 spiro atoms. The first-order valence-electron chi connectivity index (χ1n) is 7.40. The number of nitrogens with zero attached hydrogens (tertiary/aromatic N) is 2. The maximum absolute atomic E-state index is 5.96. The van der Waals surface area contributed by atoms with Crippen molar-refractivity contribution in [2.45, 2.75) is 58.6 Å². The highest BCUT2D eigenvalue weighted by molar-refractivity contribution is 5.11. The van der Waals surface area contributed by atoms with E-state index in [4.69, 9.17) is 10.5 Å². The van der Waals surface area contributed by atoms with Crippen LogP contribution in [0.25, 0.3) is 0 Å². The Bertz CT molecular complexity index is 402. The average Bonchev–Trinajstić information content (AvgIpc) is 2.45. The molecule has 1 atom stereocenters. The summed E-state index contributed by atoms with van der Waals surface area (Å²) >= 11 is 0. The zero-order valence-electron chi connectivity index (χ0n) is 12.1. The Morgan fingerprint density at radius 2 is 2.05 bits per heavy atom. The molecule has 0 bridgehead atoms. The first-order chi connectivity index (χ1) is 9.24. The molecule has 1 aromatic rings. The molecular weight excluding hydrogens is 238 g/mol. The van der Waals surface area contributed by atoms with Gasteiger partial charge in [-0.05, 0) is 38.7 Å². The van der Waals surface area contributed by atoms with Gasteiger partial charge in [-0.15, -0.1) is 0 Å². The molecule has 2 rings (SSSR count). The van der Waals surface area contributed by atoms with Crippen LogP contribution < -0.4 is 5.73 Å². The fourth-order valence-corrected chi connectivity index (χ4v) is 2.93. The molecule has 1 unspecified atom stereocenters. The third-order valence-electron chi connectivity index (χ3n) is 3.81. The lowest BCUT2D eigenvalue weighted by molar-refractivity contribution is -0.000419. The first kappa shape index (κ1) is 14.4. The second-order valence-corrected chi connectivity index (χ2v) is 5.34. The Morgan fingerprint density at radius 1 is 1.32 bits per heavy atom. The minimum Gasteiger partial charge on any atom is -0.370 e. The Labute approximate surface area is 115 Å². The van der Waals surface area contributed by atoms with Crippen molar-refractivity contribution in [2.75, 3.05) is 6.61 Å². The van der Waals surface area contributed by atoms with Crippen LogP contribution in [0.1, 0.15) is 62.3 Å². The van der Waals surface area contributed by atoms with E-state index in [0.29, 0.717) is 19.1 Å². The topological polar surface area (TPSA) is 61.0 Å². The van der Waals surface area contributed by atoms with Crippen LogP contribution in [0.15, 0.2) is 6.07 Å². The molecule has 2 N–H and O–H groups in total. The average molecular weight is 263 g/mol. The largest absolute Gasteiger partial charge is 0.370 e. The van der Waals surface area contributed by atoms with E-state index in [9.17, 15) is 0 Å². The van der Waals surface area contributed by atoms with Crippen LogP contribution in [0, 0.1) is 12.8 Å². The lowest BCUT2D eigenvalue weighted by Crippen LogP contribution is -2.22. The van der Waals surface area contributed by atoms with Crippen LogP contribution in [0.4, 0.5) is 0 Å². The highest BCUT2D eigenvalue weighted by Crippen LogP contribution is 2.35. The van der Waals surface area contributed by atoms with Crippen molar-refractivity contribution in [2.24, 2.45) is 11.7 Å². The summed E-state index contributed by atoms with van der Waals surface area (Å²) in [5.74, 6) is 1.38. The van der Waals surface area contributed by atoms with Gasteiger partial charge in [-0.1, -0.05) is 19.3 Å². The molecule has 19 heavy (non-hydrogen) atoms. The number of aryl methyl sites for hydroxylation is 1. The normalized spacial score (nSPS) is 18.5. The molecule has 0 radical (unpaired) electrons. The summed E-state index contributed by atoms with van der Waals surface area (Å²) in [6.45, 7) is 5.19. The highest BCUT2D eigenvalue weighted by atomic mass is 16.5. The van der Waals surface area contributed by atoms with E-state index in [2.05, 4.69) is 9.97 Å². The molecule has 0 amide bonds. The van der Waals surface area contributed by atoms with Gasteiger partial charge < -0.3 is 10.5 Å². The lowest BCUT2D eigenvalue weighted by atomic mass is 9.85. The monoisotopic (exact) mass is 263 g/mol. The zero-order valence-corrected chi connectivity index (χ0v) is 12.1. The van der Waals surface area contributed by atoms with Gasteiger partial charge in [0, 0.05) is 18.8 Å². The molecule has 106 valence electrons. The van der Waals surface area contributed by atoms with E-state index in [0.717, 1.165) is 17.2 Å². The zero-order chi connectivity index (χ0) is 13.7. The summed E-state index contributed by atoms with van der Waals surface area (Å²) in [5.41, 5.74) is 7.59. The van der Waals surface area contributed by atoms with E-state index in [1.807, 2.05) is 19.9 Å². The van der Waals surface area contributed by atoms with E-state index in [1.165, 1.54) is 32.1 Å². The molecule has 0 saturated heterocycles. The maximum atomic E-state index is 5.96. The van der Waals surface area contributed by atoms with E-state index in [1.54, 1.807) is 0 Å². The van der Waals surface area contributed by atoms with Gasteiger partial charge in [0.05, 0.1) is 5.69 Å². The number of ether oxygens (including phenoxy) is 1. The summed E-state index contributed by atoms with van der Waals surface area (Å²) in [6, 6.07) is 1.95.